The van der Waals surface area contributed by atoms with Gasteiger partial charge in [0.15, 0.2) is 17.4 Å². The van der Waals surface area contributed by atoms with Gasteiger partial charge < -0.3 is 9.94 Å². The Hall–Kier alpha value is -1.95. The molecular formula is C12H10F3NO2. The summed E-state index contributed by atoms with van der Waals surface area (Å²) in [5.41, 5.74) is -0.699. The first-order valence-corrected chi connectivity index (χ1v) is 5.16. The number of halogens is 3. The second-order valence-electron chi connectivity index (χ2n) is 3.56. The summed E-state index contributed by atoms with van der Waals surface area (Å²) in [7, 11) is 0. The van der Waals surface area contributed by atoms with Crippen LogP contribution in [-0.4, -0.2) is 23.1 Å². The molecule has 1 unspecified atom stereocenters. The van der Waals surface area contributed by atoms with Crippen molar-refractivity contribution in [3.8, 4) is 5.75 Å². The minimum absolute atomic E-state index is 0.240. The van der Waals surface area contributed by atoms with E-state index in [0.29, 0.717) is 11.3 Å². The van der Waals surface area contributed by atoms with Crippen LogP contribution in [0.1, 0.15) is 0 Å². The van der Waals surface area contributed by atoms with Gasteiger partial charge in [0.05, 0.1) is 18.4 Å². The minimum atomic E-state index is -2.29. The third-order valence-corrected chi connectivity index (χ3v) is 2.36. The van der Waals surface area contributed by atoms with Crippen LogP contribution >= 0.6 is 0 Å². The second kappa shape index (κ2) is 5.14. The van der Waals surface area contributed by atoms with Crippen LogP contribution in [0.2, 0.25) is 0 Å². The number of hydrogen-bond donors (Lipinski definition) is 1. The lowest BCUT2D eigenvalue weighted by molar-refractivity contribution is -0.0931. The number of alkyl halides is 1. The molecule has 1 aliphatic heterocycles. The highest BCUT2D eigenvalue weighted by Gasteiger charge is 2.32. The summed E-state index contributed by atoms with van der Waals surface area (Å²) in [5, 5.41) is 9.14. The zero-order chi connectivity index (χ0) is 13.1. The average Bonchev–Trinajstić information content (AvgIpc) is 2.37. The van der Waals surface area contributed by atoms with Gasteiger partial charge in [0, 0.05) is 0 Å². The monoisotopic (exact) mass is 257 g/mol. The molecule has 2 rings (SSSR count). The van der Waals surface area contributed by atoms with Gasteiger partial charge in [0.25, 0.3) is 6.30 Å². The van der Waals surface area contributed by atoms with Crippen molar-refractivity contribution in [3.63, 3.8) is 0 Å². The Bertz CT molecular complexity index is 487. The van der Waals surface area contributed by atoms with E-state index >= 15 is 0 Å². The van der Waals surface area contributed by atoms with Gasteiger partial charge in [-0.1, -0.05) is 18.2 Å². The molecule has 18 heavy (non-hydrogen) atoms. The highest BCUT2D eigenvalue weighted by atomic mass is 19.2. The van der Waals surface area contributed by atoms with Gasteiger partial charge in [-0.15, -0.1) is 0 Å². The molecule has 0 amide bonds. The Morgan fingerprint density at radius 3 is 2.50 bits per heavy atom. The molecule has 0 saturated heterocycles. The van der Waals surface area contributed by atoms with Crippen molar-refractivity contribution in [2.75, 3.05) is 6.61 Å². The molecule has 1 aromatic rings. The van der Waals surface area contributed by atoms with Crippen molar-refractivity contribution < 1.29 is 23.1 Å². The molecular weight excluding hydrogens is 247 g/mol. The Morgan fingerprint density at radius 2 is 1.89 bits per heavy atom. The van der Waals surface area contributed by atoms with E-state index in [1.165, 1.54) is 12.1 Å². The standard InChI is InChI=1S/C12H10F3NO2/c13-10-6-16(12(15)11(14)9(10)7-17)18-8-4-2-1-3-5-8/h1-6,12,17H,7H2. The first-order valence-electron chi connectivity index (χ1n) is 5.16. The van der Waals surface area contributed by atoms with Gasteiger partial charge in [-0.3, -0.25) is 0 Å². The predicted octanol–water partition coefficient (Wildman–Crippen LogP) is 2.62. The van der Waals surface area contributed by atoms with Crippen LogP contribution in [0.3, 0.4) is 0 Å². The van der Waals surface area contributed by atoms with Gasteiger partial charge in [-0.25, -0.2) is 13.2 Å². The molecule has 0 aromatic heterocycles. The van der Waals surface area contributed by atoms with Crippen LogP contribution in [0.5, 0.6) is 5.75 Å². The molecule has 0 bridgehead atoms. The second-order valence-corrected chi connectivity index (χ2v) is 3.56. The Kier molecular flexibility index (Phi) is 3.57. The van der Waals surface area contributed by atoms with Crippen molar-refractivity contribution in [1.29, 1.82) is 0 Å². The lowest BCUT2D eigenvalue weighted by atomic mass is 10.2. The highest BCUT2D eigenvalue weighted by molar-refractivity contribution is 5.33. The van der Waals surface area contributed by atoms with Crippen molar-refractivity contribution >= 4 is 0 Å². The fraction of sp³-hybridized carbons (Fsp3) is 0.167. The number of benzene rings is 1. The van der Waals surface area contributed by atoms with Gasteiger partial charge in [-0.05, 0) is 12.1 Å². The zero-order valence-electron chi connectivity index (χ0n) is 9.19. The maximum Gasteiger partial charge on any atom is 0.256 e. The fourth-order valence-corrected chi connectivity index (χ4v) is 1.45. The predicted molar refractivity (Wildman–Crippen MR) is 58.2 cm³/mol. The van der Waals surface area contributed by atoms with E-state index in [-0.39, 0.29) is 5.75 Å². The molecule has 1 N–H and O–H groups in total. The van der Waals surface area contributed by atoms with Crippen molar-refractivity contribution in [2.24, 2.45) is 0 Å². The molecule has 0 saturated carbocycles. The summed E-state index contributed by atoms with van der Waals surface area (Å²) in [4.78, 5) is 4.99. The number of hydrogen-bond acceptors (Lipinski definition) is 3. The molecule has 0 spiro atoms. The molecule has 3 nitrogen and oxygen atoms in total. The summed E-state index contributed by atoms with van der Waals surface area (Å²) in [6.45, 7) is -0.909. The molecule has 6 heteroatoms. The molecule has 1 atom stereocenters. The van der Waals surface area contributed by atoms with E-state index in [1.807, 2.05) is 0 Å². The number of para-hydroxylation sites is 1. The third kappa shape index (κ3) is 2.33. The van der Waals surface area contributed by atoms with E-state index in [0.717, 1.165) is 0 Å². The van der Waals surface area contributed by atoms with E-state index < -0.39 is 30.1 Å². The molecule has 1 aliphatic rings. The maximum atomic E-state index is 13.6. The van der Waals surface area contributed by atoms with Crippen LogP contribution in [0.4, 0.5) is 13.2 Å². The Labute approximate surface area is 101 Å². The molecule has 1 aromatic carbocycles. The summed E-state index contributed by atoms with van der Waals surface area (Å²) < 4.78 is 40.3. The quantitative estimate of drug-likeness (QED) is 0.845. The van der Waals surface area contributed by atoms with Crippen LogP contribution in [0, 0.1) is 0 Å². The highest BCUT2D eigenvalue weighted by Crippen LogP contribution is 2.30. The summed E-state index contributed by atoms with van der Waals surface area (Å²) in [6, 6.07) is 8.02. The SMILES string of the molecule is OCC1=C(F)C(F)N(Oc2ccccc2)C=C1F. The zero-order valence-corrected chi connectivity index (χ0v) is 9.19. The lowest BCUT2D eigenvalue weighted by Gasteiger charge is -2.27. The van der Waals surface area contributed by atoms with Gasteiger partial charge in [-0.2, -0.15) is 5.06 Å². The Morgan fingerprint density at radius 1 is 1.22 bits per heavy atom. The number of aliphatic hydroxyl groups excluding tert-OH is 1. The molecule has 96 valence electrons. The maximum absolute atomic E-state index is 13.6. The largest absolute Gasteiger partial charge is 0.391 e. The van der Waals surface area contributed by atoms with E-state index in [2.05, 4.69) is 0 Å². The summed E-state index contributed by atoms with van der Waals surface area (Å²) in [5.74, 6) is -2.22. The van der Waals surface area contributed by atoms with E-state index in [1.54, 1.807) is 18.2 Å². The van der Waals surface area contributed by atoms with Crippen molar-refractivity contribution in [2.45, 2.75) is 6.30 Å². The smallest absolute Gasteiger partial charge is 0.256 e. The first kappa shape index (κ1) is 12.5. The van der Waals surface area contributed by atoms with Gasteiger partial charge >= 0.3 is 0 Å². The third-order valence-electron chi connectivity index (χ3n) is 2.36. The molecule has 0 fully saturated rings. The molecule has 0 radical (unpaired) electrons. The minimum Gasteiger partial charge on any atom is -0.391 e. The van der Waals surface area contributed by atoms with Crippen molar-refractivity contribution in [3.05, 3.63) is 53.8 Å². The van der Waals surface area contributed by atoms with Gasteiger partial charge in [0.2, 0.25) is 0 Å². The number of rotatable bonds is 3. The van der Waals surface area contributed by atoms with E-state index in [4.69, 9.17) is 9.94 Å². The number of aliphatic hydroxyl groups is 1. The molecule has 1 heterocycles. The number of hydroxylamine groups is 2. The van der Waals surface area contributed by atoms with Crippen LogP contribution in [0.25, 0.3) is 0 Å². The lowest BCUT2D eigenvalue weighted by Crippen LogP contribution is -2.34. The normalized spacial score (nSPS) is 19.9. The fourth-order valence-electron chi connectivity index (χ4n) is 1.45. The van der Waals surface area contributed by atoms with Crippen LogP contribution < -0.4 is 4.84 Å². The number of nitrogens with zero attached hydrogens (tertiary/aromatic N) is 1. The molecule has 0 aliphatic carbocycles. The van der Waals surface area contributed by atoms with Crippen molar-refractivity contribution in [1.82, 2.24) is 5.06 Å². The first-order chi connectivity index (χ1) is 8.63. The van der Waals surface area contributed by atoms with Crippen LogP contribution in [0.15, 0.2) is 53.8 Å². The Balaban J connectivity index is 2.20. The van der Waals surface area contributed by atoms with Gasteiger partial charge in [0.1, 0.15) is 0 Å². The average molecular weight is 257 g/mol. The summed E-state index contributed by atoms with van der Waals surface area (Å²) >= 11 is 0. The van der Waals surface area contributed by atoms with E-state index in [9.17, 15) is 13.2 Å². The van der Waals surface area contributed by atoms with Crippen LogP contribution in [-0.2, 0) is 0 Å². The topological polar surface area (TPSA) is 32.7 Å². The summed E-state index contributed by atoms with van der Waals surface area (Å²) in [6.07, 6.45) is -1.63.